The van der Waals surface area contributed by atoms with E-state index < -0.39 is 0 Å². The summed E-state index contributed by atoms with van der Waals surface area (Å²) in [4.78, 5) is 4.27. The summed E-state index contributed by atoms with van der Waals surface area (Å²) in [6.45, 7) is 0.736. The second-order valence-electron chi connectivity index (χ2n) is 3.02. The topological polar surface area (TPSA) is 53.6 Å². The molecule has 2 N–H and O–H groups in total. The number of hydrogen-bond donors (Lipinski definition) is 2. The minimum Gasteiger partial charge on any atom is -0.378 e. The molecule has 2 aromatic heterocycles. The lowest BCUT2D eigenvalue weighted by atomic mass is 10.4. The fraction of sp³-hybridized carbons (Fsp3) is 0.200. The SMILES string of the molecule is CSc1ccc(NCc2ccn[nH]2)cn1. The van der Waals surface area contributed by atoms with Crippen LogP contribution < -0.4 is 5.32 Å². The molecule has 2 heterocycles. The third kappa shape index (κ3) is 2.73. The van der Waals surface area contributed by atoms with Crippen molar-refractivity contribution in [3.8, 4) is 0 Å². The van der Waals surface area contributed by atoms with Gasteiger partial charge in [0.25, 0.3) is 0 Å². The first-order chi connectivity index (χ1) is 7.38. The van der Waals surface area contributed by atoms with Crippen LogP contribution in [0, 0.1) is 0 Å². The number of anilines is 1. The predicted octanol–water partition coefficient (Wildman–Crippen LogP) is 2.14. The number of nitrogens with zero attached hydrogens (tertiary/aromatic N) is 2. The van der Waals surface area contributed by atoms with Gasteiger partial charge in [-0.3, -0.25) is 5.10 Å². The molecule has 4 nitrogen and oxygen atoms in total. The molecule has 78 valence electrons. The third-order valence-corrected chi connectivity index (χ3v) is 2.65. The number of thioether (sulfide) groups is 1. The van der Waals surface area contributed by atoms with Gasteiger partial charge >= 0.3 is 0 Å². The van der Waals surface area contributed by atoms with E-state index in [0.29, 0.717) is 0 Å². The van der Waals surface area contributed by atoms with Crippen LogP contribution in [0.4, 0.5) is 5.69 Å². The van der Waals surface area contributed by atoms with E-state index in [1.54, 1.807) is 18.0 Å². The fourth-order valence-electron chi connectivity index (χ4n) is 1.19. The molecule has 0 atom stereocenters. The minimum atomic E-state index is 0.736. The van der Waals surface area contributed by atoms with Crippen molar-refractivity contribution in [3.63, 3.8) is 0 Å². The van der Waals surface area contributed by atoms with Crippen LogP contribution >= 0.6 is 11.8 Å². The number of nitrogens with one attached hydrogen (secondary N) is 2. The fourth-order valence-corrected chi connectivity index (χ4v) is 1.55. The van der Waals surface area contributed by atoms with Crippen molar-refractivity contribution in [1.29, 1.82) is 0 Å². The van der Waals surface area contributed by atoms with E-state index in [1.807, 2.05) is 30.7 Å². The lowest BCUT2D eigenvalue weighted by molar-refractivity contribution is 0.978. The largest absolute Gasteiger partial charge is 0.378 e. The summed E-state index contributed by atoms with van der Waals surface area (Å²) in [6, 6.07) is 5.96. The van der Waals surface area contributed by atoms with Gasteiger partial charge < -0.3 is 5.32 Å². The van der Waals surface area contributed by atoms with E-state index in [0.717, 1.165) is 23.0 Å². The van der Waals surface area contributed by atoms with Crippen LogP contribution in [0.5, 0.6) is 0 Å². The summed E-state index contributed by atoms with van der Waals surface area (Å²) < 4.78 is 0. The molecule has 0 aliphatic heterocycles. The number of H-pyrrole nitrogens is 1. The average Bonchev–Trinajstić information content (AvgIpc) is 2.80. The van der Waals surface area contributed by atoms with Crippen LogP contribution in [0.2, 0.25) is 0 Å². The standard InChI is InChI=1S/C10H12N4S/c1-15-10-3-2-8(6-12-10)11-7-9-4-5-13-14-9/h2-6,11H,7H2,1H3,(H,13,14). The molecule has 0 amide bonds. The van der Waals surface area contributed by atoms with Crippen molar-refractivity contribution >= 4 is 17.4 Å². The van der Waals surface area contributed by atoms with Gasteiger partial charge in [0.15, 0.2) is 0 Å². The molecule has 0 unspecified atom stereocenters. The Hall–Kier alpha value is -1.49. The van der Waals surface area contributed by atoms with E-state index >= 15 is 0 Å². The minimum absolute atomic E-state index is 0.736. The van der Waals surface area contributed by atoms with Crippen molar-refractivity contribution in [2.75, 3.05) is 11.6 Å². The van der Waals surface area contributed by atoms with Gasteiger partial charge in [0, 0.05) is 6.20 Å². The van der Waals surface area contributed by atoms with Crippen LogP contribution in [0.25, 0.3) is 0 Å². The van der Waals surface area contributed by atoms with Crippen LogP contribution in [-0.2, 0) is 6.54 Å². The molecule has 0 spiro atoms. The van der Waals surface area contributed by atoms with Gasteiger partial charge in [-0.25, -0.2) is 4.98 Å². The second kappa shape index (κ2) is 4.84. The molecule has 0 fully saturated rings. The van der Waals surface area contributed by atoms with Crippen molar-refractivity contribution in [1.82, 2.24) is 15.2 Å². The zero-order chi connectivity index (χ0) is 10.5. The quantitative estimate of drug-likeness (QED) is 0.775. The Morgan fingerprint density at radius 3 is 2.93 bits per heavy atom. The summed E-state index contributed by atoms with van der Waals surface area (Å²) in [5.74, 6) is 0. The molecular weight excluding hydrogens is 208 g/mol. The van der Waals surface area contributed by atoms with Crippen LogP contribution in [0.1, 0.15) is 5.69 Å². The highest BCUT2D eigenvalue weighted by atomic mass is 32.2. The van der Waals surface area contributed by atoms with Crippen LogP contribution in [0.3, 0.4) is 0 Å². The number of pyridine rings is 1. The Labute approximate surface area is 92.5 Å². The third-order valence-electron chi connectivity index (χ3n) is 1.99. The lowest BCUT2D eigenvalue weighted by Crippen LogP contribution is -2.00. The monoisotopic (exact) mass is 220 g/mol. The van der Waals surface area contributed by atoms with E-state index in [4.69, 9.17) is 0 Å². The summed E-state index contributed by atoms with van der Waals surface area (Å²) >= 11 is 1.64. The second-order valence-corrected chi connectivity index (χ2v) is 3.85. The zero-order valence-corrected chi connectivity index (χ0v) is 9.21. The number of rotatable bonds is 4. The van der Waals surface area contributed by atoms with Crippen molar-refractivity contribution < 1.29 is 0 Å². The first-order valence-corrected chi connectivity index (χ1v) is 5.83. The molecule has 0 bridgehead atoms. The van der Waals surface area contributed by atoms with Crippen LogP contribution in [0.15, 0.2) is 35.6 Å². The molecule has 0 aliphatic carbocycles. The first-order valence-electron chi connectivity index (χ1n) is 4.60. The molecule has 2 rings (SSSR count). The molecule has 2 aromatic rings. The van der Waals surface area contributed by atoms with Gasteiger partial charge in [-0.1, -0.05) is 0 Å². The molecule has 0 saturated carbocycles. The Morgan fingerprint density at radius 2 is 2.33 bits per heavy atom. The average molecular weight is 220 g/mol. The van der Waals surface area contributed by atoms with Crippen molar-refractivity contribution in [2.45, 2.75) is 11.6 Å². The normalized spacial score (nSPS) is 10.2. The van der Waals surface area contributed by atoms with E-state index in [-0.39, 0.29) is 0 Å². The van der Waals surface area contributed by atoms with Gasteiger partial charge in [-0.2, -0.15) is 5.10 Å². The molecular formula is C10H12N4S. The number of aromatic amines is 1. The Morgan fingerprint density at radius 1 is 1.40 bits per heavy atom. The summed E-state index contributed by atoms with van der Waals surface area (Å²) in [5.41, 5.74) is 2.08. The Bertz CT molecular complexity index is 396. The van der Waals surface area contributed by atoms with E-state index in [2.05, 4.69) is 20.5 Å². The summed E-state index contributed by atoms with van der Waals surface area (Å²) in [6.07, 6.45) is 5.59. The van der Waals surface area contributed by atoms with E-state index in [1.165, 1.54) is 0 Å². The number of aromatic nitrogens is 3. The maximum absolute atomic E-state index is 4.27. The molecule has 0 radical (unpaired) electrons. The van der Waals surface area contributed by atoms with Gasteiger partial charge in [0.2, 0.25) is 0 Å². The summed E-state index contributed by atoms with van der Waals surface area (Å²) in [7, 11) is 0. The van der Waals surface area contributed by atoms with Gasteiger partial charge in [0.1, 0.15) is 0 Å². The van der Waals surface area contributed by atoms with Crippen molar-refractivity contribution in [2.24, 2.45) is 0 Å². The van der Waals surface area contributed by atoms with Crippen LogP contribution in [-0.4, -0.2) is 21.4 Å². The van der Waals surface area contributed by atoms with Gasteiger partial charge in [0.05, 0.1) is 29.1 Å². The highest BCUT2D eigenvalue weighted by Crippen LogP contribution is 2.14. The maximum Gasteiger partial charge on any atom is 0.0958 e. The molecule has 5 heteroatoms. The number of hydrogen-bond acceptors (Lipinski definition) is 4. The highest BCUT2D eigenvalue weighted by Gasteiger charge is 1.95. The molecule has 0 saturated heterocycles. The molecule has 0 aromatic carbocycles. The smallest absolute Gasteiger partial charge is 0.0958 e. The summed E-state index contributed by atoms with van der Waals surface area (Å²) in [5, 5.41) is 11.1. The Kier molecular flexibility index (Phi) is 3.24. The van der Waals surface area contributed by atoms with Crippen molar-refractivity contribution in [3.05, 3.63) is 36.3 Å². The maximum atomic E-state index is 4.27. The lowest BCUT2D eigenvalue weighted by Gasteiger charge is -2.04. The van der Waals surface area contributed by atoms with Gasteiger partial charge in [-0.15, -0.1) is 11.8 Å². The molecule has 0 aliphatic rings. The van der Waals surface area contributed by atoms with Gasteiger partial charge in [-0.05, 0) is 24.5 Å². The zero-order valence-electron chi connectivity index (χ0n) is 8.40. The molecule has 15 heavy (non-hydrogen) atoms. The Balaban J connectivity index is 1.93. The highest BCUT2D eigenvalue weighted by molar-refractivity contribution is 7.98. The first kappa shape index (κ1) is 10.0. The van der Waals surface area contributed by atoms with E-state index in [9.17, 15) is 0 Å². The predicted molar refractivity (Wildman–Crippen MR) is 61.9 cm³/mol.